The molecule has 3 rings (SSSR count). The summed E-state index contributed by atoms with van der Waals surface area (Å²) in [6.07, 6.45) is 0. The molecule has 1 heterocycles. The Hall–Kier alpha value is -3.38. The summed E-state index contributed by atoms with van der Waals surface area (Å²) in [7, 11) is 0. The van der Waals surface area contributed by atoms with Gasteiger partial charge in [-0.1, -0.05) is 42.3 Å². The Balaban J connectivity index is 1.98. The normalized spacial score (nSPS) is 9.88. The molecule has 0 aliphatic rings. The molecule has 3 nitrogen and oxygen atoms in total. The van der Waals surface area contributed by atoms with Gasteiger partial charge in [-0.2, -0.15) is 0 Å². The molecule has 0 bridgehead atoms. The summed E-state index contributed by atoms with van der Waals surface area (Å²) in [4.78, 5) is 16.0. The number of rotatable bonds is 2. The first-order valence-electron chi connectivity index (χ1n) is 7.58. The number of nitrogens with two attached hydrogens (primary N) is 1. The Labute approximate surface area is 141 Å². The minimum Gasteiger partial charge on any atom is -0.366 e. The lowest BCUT2D eigenvalue weighted by Crippen LogP contribution is -2.12. The zero-order valence-corrected chi connectivity index (χ0v) is 13.3. The average molecular weight is 312 g/mol. The summed E-state index contributed by atoms with van der Waals surface area (Å²) in [5.41, 5.74) is 10.2. The lowest BCUT2D eigenvalue weighted by Gasteiger charge is -2.07. The van der Waals surface area contributed by atoms with Crippen molar-refractivity contribution in [2.75, 3.05) is 0 Å². The number of amides is 1. The second-order valence-electron chi connectivity index (χ2n) is 5.40. The van der Waals surface area contributed by atoms with E-state index < -0.39 is 5.91 Å². The fourth-order valence-electron chi connectivity index (χ4n) is 2.46. The molecule has 3 heteroatoms. The van der Waals surface area contributed by atoms with Gasteiger partial charge in [0, 0.05) is 16.8 Å². The number of hydrogen-bond donors (Lipinski definition) is 1. The minimum absolute atomic E-state index is 0.439. The van der Waals surface area contributed by atoms with Crippen LogP contribution in [0.4, 0.5) is 0 Å². The number of carbonyl (C=O) groups is 1. The number of carbonyl (C=O) groups excluding carboxylic acids is 1. The van der Waals surface area contributed by atoms with E-state index in [4.69, 9.17) is 5.73 Å². The molecule has 3 aromatic rings. The maximum absolute atomic E-state index is 11.6. The second-order valence-corrected chi connectivity index (χ2v) is 5.40. The standard InChI is InChI=1S/C21H16N2O/c1-15-6-4-9-18(23-15)13-12-16-7-5-8-17(14-16)19-10-2-3-11-20(19)21(22)24/h2-11,14H,1H3,(H2,22,24). The molecule has 0 unspecified atom stereocenters. The van der Waals surface area contributed by atoms with E-state index in [2.05, 4.69) is 16.8 Å². The Bertz CT molecular complexity index is 965. The zero-order valence-electron chi connectivity index (χ0n) is 13.3. The van der Waals surface area contributed by atoms with Gasteiger partial charge in [-0.15, -0.1) is 0 Å². The maximum Gasteiger partial charge on any atom is 0.249 e. The average Bonchev–Trinajstić information content (AvgIpc) is 2.60. The predicted molar refractivity (Wildman–Crippen MR) is 95.3 cm³/mol. The molecule has 0 atom stereocenters. The van der Waals surface area contributed by atoms with Gasteiger partial charge < -0.3 is 5.73 Å². The van der Waals surface area contributed by atoms with Crippen molar-refractivity contribution in [3.05, 3.63) is 89.2 Å². The maximum atomic E-state index is 11.6. The Morgan fingerprint density at radius 3 is 2.54 bits per heavy atom. The van der Waals surface area contributed by atoms with Crippen LogP contribution in [0.25, 0.3) is 11.1 Å². The highest BCUT2D eigenvalue weighted by Gasteiger charge is 2.09. The van der Waals surface area contributed by atoms with E-state index in [0.717, 1.165) is 28.1 Å². The van der Waals surface area contributed by atoms with E-state index in [0.29, 0.717) is 5.56 Å². The highest BCUT2D eigenvalue weighted by atomic mass is 16.1. The van der Waals surface area contributed by atoms with Crippen molar-refractivity contribution in [1.29, 1.82) is 0 Å². The van der Waals surface area contributed by atoms with Crippen molar-refractivity contribution in [1.82, 2.24) is 4.98 Å². The number of primary amides is 1. The number of hydrogen-bond acceptors (Lipinski definition) is 2. The minimum atomic E-state index is -0.439. The summed E-state index contributed by atoms with van der Waals surface area (Å²) < 4.78 is 0. The van der Waals surface area contributed by atoms with Gasteiger partial charge in [0.2, 0.25) is 5.91 Å². The van der Waals surface area contributed by atoms with Gasteiger partial charge in [0.15, 0.2) is 0 Å². The number of aryl methyl sites for hydroxylation is 1. The SMILES string of the molecule is Cc1cccc(C#Cc2cccc(-c3ccccc3C(N)=O)c2)n1. The lowest BCUT2D eigenvalue weighted by molar-refractivity contribution is 0.100. The van der Waals surface area contributed by atoms with Crippen molar-refractivity contribution in [3.8, 4) is 23.0 Å². The summed E-state index contributed by atoms with van der Waals surface area (Å²) in [6.45, 7) is 1.94. The third-order valence-electron chi connectivity index (χ3n) is 3.59. The van der Waals surface area contributed by atoms with E-state index in [9.17, 15) is 4.79 Å². The highest BCUT2D eigenvalue weighted by Crippen LogP contribution is 2.24. The topological polar surface area (TPSA) is 56.0 Å². The summed E-state index contributed by atoms with van der Waals surface area (Å²) in [6, 6.07) is 20.8. The quantitative estimate of drug-likeness (QED) is 0.736. The van der Waals surface area contributed by atoms with Gasteiger partial charge >= 0.3 is 0 Å². The van der Waals surface area contributed by atoms with Crippen LogP contribution >= 0.6 is 0 Å². The Morgan fingerprint density at radius 2 is 1.75 bits per heavy atom. The van der Waals surface area contributed by atoms with Gasteiger partial charge in [-0.3, -0.25) is 4.79 Å². The van der Waals surface area contributed by atoms with Crippen LogP contribution in [0.5, 0.6) is 0 Å². The molecule has 0 saturated heterocycles. The number of pyridine rings is 1. The smallest absolute Gasteiger partial charge is 0.249 e. The van der Waals surface area contributed by atoms with Crippen molar-refractivity contribution < 1.29 is 4.79 Å². The van der Waals surface area contributed by atoms with E-state index in [1.165, 1.54) is 0 Å². The van der Waals surface area contributed by atoms with E-state index >= 15 is 0 Å². The molecule has 0 saturated carbocycles. The van der Waals surface area contributed by atoms with Crippen molar-refractivity contribution in [3.63, 3.8) is 0 Å². The third-order valence-corrected chi connectivity index (χ3v) is 3.59. The van der Waals surface area contributed by atoms with Crippen molar-refractivity contribution in [2.45, 2.75) is 6.92 Å². The molecule has 2 N–H and O–H groups in total. The number of nitrogens with zero attached hydrogens (tertiary/aromatic N) is 1. The molecule has 24 heavy (non-hydrogen) atoms. The van der Waals surface area contributed by atoms with Crippen LogP contribution in [0.3, 0.4) is 0 Å². The van der Waals surface area contributed by atoms with Crippen LogP contribution in [-0.4, -0.2) is 10.9 Å². The fourth-order valence-corrected chi connectivity index (χ4v) is 2.46. The van der Waals surface area contributed by atoms with Crippen molar-refractivity contribution in [2.24, 2.45) is 5.73 Å². The molecule has 2 aromatic carbocycles. The van der Waals surface area contributed by atoms with Crippen LogP contribution in [0.15, 0.2) is 66.7 Å². The molecule has 0 fully saturated rings. The lowest BCUT2D eigenvalue weighted by atomic mass is 9.98. The van der Waals surface area contributed by atoms with Gasteiger partial charge in [0.1, 0.15) is 5.69 Å². The van der Waals surface area contributed by atoms with Crippen molar-refractivity contribution >= 4 is 5.91 Å². The Morgan fingerprint density at radius 1 is 0.958 bits per heavy atom. The highest BCUT2D eigenvalue weighted by molar-refractivity contribution is 5.99. The van der Waals surface area contributed by atoms with Crippen LogP contribution in [0.1, 0.15) is 27.3 Å². The van der Waals surface area contributed by atoms with Crippen LogP contribution in [-0.2, 0) is 0 Å². The molecule has 0 spiro atoms. The molecule has 0 aliphatic heterocycles. The van der Waals surface area contributed by atoms with Crippen LogP contribution in [0.2, 0.25) is 0 Å². The molecular formula is C21H16N2O. The number of benzene rings is 2. The Kier molecular flexibility index (Phi) is 4.40. The van der Waals surface area contributed by atoms with Gasteiger partial charge in [0.05, 0.1) is 0 Å². The molecule has 0 radical (unpaired) electrons. The largest absolute Gasteiger partial charge is 0.366 e. The van der Waals surface area contributed by atoms with E-state index in [-0.39, 0.29) is 0 Å². The van der Waals surface area contributed by atoms with E-state index in [1.807, 2.05) is 61.5 Å². The van der Waals surface area contributed by atoms with E-state index in [1.54, 1.807) is 12.1 Å². The van der Waals surface area contributed by atoms with Gasteiger partial charge in [-0.05, 0) is 54.3 Å². The second kappa shape index (κ2) is 6.80. The predicted octanol–water partition coefficient (Wildman–Crippen LogP) is 3.56. The monoisotopic (exact) mass is 312 g/mol. The summed E-state index contributed by atoms with van der Waals surface area (Å²) in [5.74, 6) is 5.74. The molecule has 116 valence electrons. The van der Waals surface area contributed by atoms with Gasteiger partial charge in [-0.25, -0.2) is 4.98 Å². The molecule has 1 amide bonds. The van der Waals surface area contributed by atoms with Crippen LogP contribution < -0.4 is 5.73 Å². The third kappa shape index (κ3) is 3.50. The number of aromatic nitrogens is 1. The zero-order chi connectivity index (χ0) is 16.9. The summed E-state index contributed by atoms with van der Waals surface area (Å²) in [5, 5.41) is 0. The summed E-state index contributed by atoms with van der Waals surface area (Å²) >= 11 is 0. The molecule has 0 aliphatic carbocycles. The first kappa shape index (κ1) is 15.5. The molecule has 1 aromatic heterocycles. The van der Waals surface area contributed by atoms with Crippen LogP contribution in [0, 0.1) is 18.8 Å². The first-order valence-corrected chi connectivity index (χ1v) is 7.58. The molecular weight excluding hydrogens is 296 g/mol. The first-order chi connectivity index (χ1) is 11.6. The fraction of sp³-hybridized carbons (Fsp3) is 0.0476. The van der Waals surface area contributed by atoms with Gasteiger partial charge in [0.25, 0.3) is 0 Å².